The molecule has 1 amide bonds. The molecule has 0 aliphatic heterocycles. The summed E-state index contributed by atoms with van der Waals surface area (Å²) in [5.74, 6) is -2.95. The Morgan fingerprint density at radius 2 is 1.57 bits per heavy atom. The van der Waals surface area contributed by atoms with Crippen molar-refractivity contribution in [3.63, 3.8) is 0 Å². The largest absolute Gasteiger partial charge is 0.478 e. The van der Waals surface area contributed by atoms with E-state index in [0.29, 0.717) is 23.2 Å². The number of amides is 1. The molecule has 0 bridgehead atoms. The maximum absolute atomic E-state index is 11.0. The predicted octanol–water partition coefficient (Wildman–Crippen LogP) is 1.05. The van der Waals surface area contributed by atoms with Crippen molar-refractivity contribution < 1.29 is 24.6 Å². The molecule has 1 aromatic heterocycles. The highest BCUT2D eigenvalue weighted by molar-refractivity contribution is 6.04. The predicted molar refractivity (Wildman–Crippen MR) is 74.7 cm³/mol. The van der Waals surface area contributed by atoms with Crippen molar-refractivity contribution in [2.45, 2.75) is 0 Å². The van der Waals surface area contributed by atoms with Gasteiger partial charge in [0.05, 0.1) is 11.1 Å². The molecular formula is C14H12N2O5. The van der Waals surface area contributed by atoms with Crippen molar-refractivity contribution in [2.75, 3.05) is 0 Å². The zero-order valence-corrected chi connectivity index (χ0v) is 10.8. The molecule has 1 heterocycles. The average molecular weight is 288 g/mol. The first-order valence-corrected chi connectivity index (χ1v) is 5.69. The van der Waals surface area contributed by atoms with Crippen LogP contribution in [0.5, 0.6) is 0 Å². The highest BCUT2D eigenvalue weighted by Gasteiger charge is 2.05. The lowest BCUT2D eigenvalue weighted by atomic mass is 10.1. The number of carbonyl (C=O) groups excluding carboxylic acids is 1. The second kappa shape index (κ2) is 7.39. The Hall–Kier alpha value is -3.22. The SMILES string of the molecule is NC(=O)c1cccc2cccnc12.O=C(O)/C=C/C(=O)O. The van der Waals surface area contributed by atoms with Gasteiger partial charge in [-0.1, -0.05) is 18.2 Å². The molecule has 7 nitrogen and oxygen atoms in total. The first kappa shape index (κ1) is 15.8. The fraction of sp³-hybridized carbons (Fsp3) is 0. The number of benzene rings is 1. The van der Waals surface area contributed by atoms with Crippen LogP contribution in [0.2, 0.25) is 0 Å². The van der Waals surface area contributed by atoms with E-state index >= 15 is 0 Å². The molecule has 0 aliphatic rings. The Morgan fingerprint density at radius 3 is 2.10 bits per heavy atom. The molecule has 0 atom stereocenters. The van der Waals surface area contributed by atoms with Gasteiger partial charge in [-0.25, -0.2) is 9.59 Å². The number of rotatable bonds is 3. The molecule has 0 radical (unpaired) electrons. The molecule has 0 aliphatic carbocycles. The quantitative estimate of drug-likeness (QED) is 0.723. The van der Waals surface area contributed by atoms with E-state index in [1.54, 1.807) is 18.3 Å². The first-order chi connectivity index (χ1) is 9.91. The maximum atomic E-state index is 11.0. The number of aliphatic carboxylic acids is 2. The van der Waals surface area contributed by atoms with Crippen LogP contribution in [-0.4, -0.2) is 33.0 Å². The molecule has 4 N–H and O–H groups in total. The summed E-state index contributed by atoms with van der Waals surface area (Å²) in [5.41, 5.74) is 6.34. The van der Waals surface area contributed by atoms with E-state index in [2.05, 4.69) is 4.98 Å². The number of carbonyl (C=O) groups is 3. The van der Waals surface area contributed by atoms with Crippen LogP contribution >= 0.6 is 0 Å². The lowest BCUT2D eigenvalue weighted by molar-refractivity contribution is -0.134. The van der Waals surface area contributed by atoms with Gasteiger partial charge in [0, 0.05) is 23.7 Å². The second-order valence-corrected chi connectivity index (χ2v) is 3.75. The third kappa shape index (κ3) is 5.11. The van der Waals surface area contributed by atoms with Gasteiger partial charge in [0.1, 0.15) is 0 Å². The van der Waals surface area contributed by atoms with Crippen LogP contribution < -0.4 is 5.73 Å². The number of para-hydroxylation sites is 1. The van der Waals surface area contributed by atoms with E-state index in [0.717, 1.165) is 5.39 Å². The number of hydrogen-bond donors (Lipinski definition) is 3. The molecule has 0 fully saturated rings. The fourth-order valence-corrected chi connectivity index (χ4v) is 1.45. The molecule has 0 saturated heterocycles. The molecule has 2 rings (SSSR count). The Labute approximate surface area is 119 Å². The number of primary amides is 1. The van der Waals surface area contributed by atoms with Crippen molar-refractivity contribution in [1.82, 2.24) is 4.98 Å². The van der Waals surface area contributed by atoms with Gasteiger partial charge < -0.3 is 15.9 Å². The van der Waals surface area contributed by atoms with E-state index in [-0.39, 0.29) is 0 Å². The minimum Gasteiger partial charge on any atom is -0.478 e. The average Bonchev–Trinajstić information content (AvgIpc) is 2.45. The summed E-state index contributed by atoms with van der Waals surface area (Å²) in [6.45, 7) is 0. The number of carboxylic acid groups (broad SMARTS) is 2. The Bertz CT molecular complexity index is 688. The summed E-state index contributed by atoms with van der Waals surface area (Å²) in [6, 6.07) is 9.10. The van der Waals surface area contributed by atoms with Crippen LogP contribution in [0, 0.1) is 0 Å². The monoisotopic (exact) mass is 288 g/mol. The molecule has 1 aromatic carbocycles. The molecule has 7 heteroatoms. The maximum Gasteiger partial charge on any atom is 0.328 e. The summed E-state index contributed by atoms with van der Waals surface area (Å²) in [7, 11) is 0. The van der Waals surface area contributed by atoms with Gasteiger partial charge in [0.2, 0.25) is 0 Å². The van der Waals surface area contributed by atoms with Crippen LogP contribution in [0.25, 0.3) is 10.9 Å². The van der Waals surface area contributed by atoms with Gasteiger partial charge in [-0.3, -0.25) is 9.78 Å². The van der Waals surface area contributed by atoms with Crippen LogP contribution in [0.1, 0.15) is 10.4 Å². The van der Waals surface area contributed by atoms with Crippen molar-refractivity contribution in [2.24, 2.45) is 5.73 Å². The van der Waals surface area contributed by atoms with E-state index < -0.39 is 17.8 Å². The minimum absolute atomic E-state index is 0.440. The van der Waals surface area contributed by atoms with E-state index in [1.807, 2.05) is 18.2 Å². The highest BCUT2D eigenvalue weighted by Crippen LogP contribution is 2.14. The normalized spacial score (nSPS) is 9.90. The summed E-state index contributed by atoms with van der Waals surface area (Å²) in [5, 5.41) is 16.6. The van der Waals surface area contributed by atoms with Gasteiger partial charge >= 0.3 is 11.9 Å². The summed E-state index contributed by atoms with van der Waals surface area (Å²) < 4.78 is 0. The van der Waals surface area contributed by atoms with Gasteiger partial charge in [-0.05, 0) is 12.1 Å². The molecule has 2 aromatic rings. The third-order valence-electron chi connectivity index (χ3n) is 2.27. The van der Waals surface area contributed by atoms with Crippen LogP contribution in [-0.2, 0) is 9.59 Å². The standard InChI is InChI=1S/C10H8N2O.C4H4O4/c11-10(13)8-5-1-3-7-4-2-6-12-9(7)8;5-3(6)1-2-4(7)8/h1-6H,(H2,11,13);1-2H,(H,5,6)(H,7,8)/b;2-1+. The summed E-state index contributed by atoms with van der Waals surface area (Å²) >= 11 is 0. The van der Waals surface area contributed by atoms with Crippen molar-refractivity contribution in [3.8, 4) is 0 Å². The molecule has 0 unspecified atom stereocenters. The zero-order chi connectivity index (χ0) is 15.8. The van der Waals surface area contributed by atoms with E-state index in [9.17, 15) is 14.4 Å². The number of pyridine rings is 1. The zero-order valence-electron chi connectivity index (χ0n) is 10.8. The number of hydrogen-bond acceptors (Lipinski definition) is 4. The molecule has 0 saturated carbocycles. The first-order valence-electron chi connectivity index (χ1n) is 5.69. The van der Waals surface area contributed by atoms with Gasteiger partial charge in [-0.15, -0.1) is 0 Å². The van der Waals surface area contributed by atoms with Crippen LogP contribution in [0.4, 0.5) is 0 Å². The Kier molecular flexibility index (Phi) is 5.57. The highest BCUT2D eigenvalue weighted by atomic mass is 16.4. The van der Waals surface area contributed by atoms with Crippen molar-refractivity contribution in [1.29, 1.82) is 0 Å². The van der Waals surface area contributed by atoms with Crippen LogP contribution in [0.3, 0.4) is 0 Å². The smallest absolute Gasteiger partial charge is 0.328 e. The second-order valence-electron chi connectivity index (χ2n) is 3.75. The molecule has 108 valence electrons. The third-order valence-corrected chi connectivity index (χ3v) is 2.27. The minimum atomic E-state index is -1.26. The van der Waals surface area contributed by atoms with Gasteiger partial charge in [0.25, 0.3) is 5.91 Å². The lowest BCUT2D eigenvalue weighted by Gasteiger charge is -2.00. The lowest BCUT2D eigenvalue weighted by Crippen LogP contribution is -2.11. The number of aromatic nitrogens is 1. The van der Waals surface area contributed by atoms with E-state index in [1.165, 1.54) is 0 Å². The molecule has 21 heavy (non-hydrogen) atoms. The van der Waals surface area contributed by atoms with Crippen molar-refractivity contribution in [3.05, 3.63) is 54.2 Å². The van der Waals surface area contributed by atoms with Gasteiger partial charge in [0.15, 0.2) is 0 Å². The topological polar surface area (TPSA) is 131 Å². The Balaban J connectivity index is 0.000000240. The van der Waals surface area contributed by atoms with Crippen molar-refractivity contribution >= 4 is 28.7 Å². The Morgan fingerprint density at radius 1 is 1.00 bits per heavy atom. The number of carboxylic acids is 2. The van der Waals surface area contributed by atoms with Gasteiger partial charge in [-0.2, -0.15) is 0 Å². The summed E-state index contributed by atoms with van der Waals surface area (Å²) in [4.78, 5) is 34.2. The number of fused-ring (bicyclic) bond motifs is 1. The number of nitrogens with two attached hydrogens (primary N) is 1. The number of nitrogens with zero attached hydrogens (tertiary/aromatic N) is 1. The summed E-state index contributed by atoms with van der Waals surface area (Å²) in [6.07, 6.45) is 2.76. The fourth-order valence-electron chi connectivity index (χ4n) is 1.45. The van der Waals surface area contributed by atoms with E-state index in [4.69, 9.17) is 15.9 Å². The molecule has 0 spiro atoms. The van der Waals surface area contributed by atoms with Crippen LogP contribution in [0.15, 0.2) is 48.7 Å². The molecular weight excluding hydrogens is 276 g/mol.